The van der Waals surface area contributed by atoms with Gasteiger partial charge >= 0.3 is 5.97 Å². The van der Waals surface area contributed by atoms with Gasteiger partial charge in [-0.1, -0.05) is 22.0 Å². The van der Waals surface area contributed by atoms with Crippen LogP contribution in [-0.4, -0.2) is 43.0 Å². The molecular formula is C19H19BrN2O5S. The summed E-state index contributed by atoms with van der Waals surface area (Å²) in [5.41, 5.74) is 1.29. The summed E-state index contributed by atoms with van der Waals surface area (Å²) in [7, 11) is 1.28. The summed E-state index contributed by atoms with van der Waals surface area (Å²) in [4.78, 5) is 34.9. The Morgan fingerprint density at radius 1 is 0.964 bits per heavy atom. The molecule has 0 saturated carbocycles. The Labute approximate surface area is 175 Å². The van der Waals surface area contributed by atoms with Crippen LogP contribution in [0.3, 0.4) is 0 Å². The molecule has 2 aromatic carbocycles. The van der Waals surface area contributed by atoms with Gasteiger partial charge in [0.15, 0.2) is 6.61 Å². The molecule has 2 N–H and O–H groups in total. The average molecular weight is 467 g/mol. The Balaban J connectivity index is 1.69. The minimum atomic E-state index is -0.474. The van der Waals surface area contributed by atoms with Crippen molar-refractivity contribution in [3.05, 3.63) is 53.0 Å². The number of methoxy groups -OCH3 is 1. The quantitative estimate of drug-likeness (QED) is 0.550. The van der Waals surface area contributed by atoms with Gasteiger partial charge in [-0.3, -0.25) is 9.59 Å². The van der Waals surface area contributed by atoms with Gasteiger partial charge in [0.1, 0.15) is 5.75 Å². The lowest BCUT2D eigenvalue weighted by molar-refractivity contribution is -0.142. The number of ether oxygens (including phenoxy) is 2. The highest BCUT2D eigenvalue weighted by Gasteiger charge is 2.07. The predicted octanol–water partition coefficient (Wildman–Crippen LogP) is 3.31. The van der Waals surface area contributed by atoms with E-state index in [0.717, 1.165) is 4.47 Å². The molecule has 0 aliphatic rings. The topological polar surface area (TPSA) is 93.7 Å². The molecule has 2 rings (SSSR count). The maximum absolute atomic E-state index is 12.0. The van der Waals surface area contributed by atoms with E-state index in [9.17, 15) is 14.4 Å². The van der Waals surface area contributed by atoms with Gasteiger partial charge in [-0.05, 0) is 42.5 Å². The number of nitrogens with one attached hydrogen (secondary N) is 2. The van der Waals surface area contributed by atoms with Gasteiger partial charge in [-0.15, -0.1) is 11.8 Å². The summed E-state index contributed by atoms with van der Waals surface area (Å²) in [5.74, 6) is -0.0703. The summed E-state index contributed by atoms with van der Waals surface area (Å²) in [6, 6.07) is 13.9. The first-order chi connectivity index (χ1) is 13.5. The van der Waals surface area contributed by atoms with E-state index in [1.165, 1.54) is 18.9 Å². The molecule has 0 aromatic heterocycles. The predicted molar refractivity (Wildman–Crippen MR) is 113 cm³/mol. The van der Waals surface area contributed by atoms with E-state index in [1.54, 1.807) is 36.4 Å². The normalized spacial score (nSPS) is 10.1. The zero-order valence-electron chi connectivity index (χ0n) is 15.1. The second kappa shape index (κ2) is 11.4. The minimum absolute atomic E-state index is 0.145. The van der Waals surface area contributed by atoms with Crippen LogP contribution in [0.4, 0.5) is 11.4 Å². The molecule has 0 heterocycles. The number of rotatable bonds is 9. The minimum Gasteiger partial charge on any atom is -0.482 e. The van der Waals surface area contributed by atoms with Crippen molar-refractivity contribution in [2.45, 2.75) is 0 Å². The van der Waals surface area contributed by atoms with Gasteiger partial charge in [0, 0.05) is 15.8 Å². The van der Waals surface area contributed by atoms with Crippen LogP contribution in [0.25, 0.3) is 0 Å². The van der Waals surface area contributed by atoms with Crippen LogP contribution in [0.2, 0.25) is 0 Å². The average Bonchev–Trinajstić information content (AvgIpc) is 2.67. The molecule has 2 amide bonds. The molecule has 0 spiro atoms. The van der Waals surface area contributed by atoms with Gasteiger partial charge in [-0.25, -0.2) is 4.79 Å². The summed E-state index contributed by atoms with van der Waals surface area (Å²) in [5, 5.41) is 5.50. The maximum atomic E-state index is 12.0. The van der Waals surface area contributed by atoms with Crippen molar-refractivity contribution in [2.24, 2.45) is 0 Å². The van der Waals surface area contributed by atoms with Gasteiger partial charge in [0.2, 0.25) is 11.8 Å². The lowest BCUT2D eigenvalue weighted by Crippen LogP contribution is -2.18. The second-order valence-corrected chi connectivity index (χ2v) is 7.39. The monoisotopic (exact) mass is 466 g/mol. The highest BCUT2D eigenvalue weighted by Crippen LogP contribution is 2.17. The summed E-state index contributed by atoms with van der Waals surface area (Å²) >= 11 is 4.56. The first-order valence-electron chi connectivity index (χ1n) is 8.19. The number of halogens is 1. The van der Waals surface area contributed by atoms with E-state index in [2.05, 4.69) is 31.3 Å². The highest BCUT2D eigenvalue weighted by atomic mass is 79.9. The molecule has 0 saturated heterocycles. The van der Waals surface area contributed by atoms with Crippen LogP contribution in [-0.2, 0) is 19.1 Å². The van der Waals surface area contributed by atoms with E-state index in [4.69, 9.17) is 4.74 Å². The van der Waals surface area contributed by atoms with Crippen molar-refractivity contribution < 1.29 is 23.9 Å². The third-order valence-electron chi connectivity index (χ3n) is 3.30. The van der Waals surface area contributed by atoms with Crippen molar-refractivity contribution in [1.82, 2.24) is 0 Å². The number of thioether (sulfide) groups is 1. The first-order valence-corrected chi connectivity index (χ1v) is 10.1. The van der Waals surface area contributed by atoms with Crippen molar-refractivity contribution in [3.63, 3.8) is 0 Å². The van der Waals surface area contributed by atoms with Crippen LogP contribution in [0, 0.1) is 0 Å². The molecule has 0 aliphatic carbocycles. The van der Waals surface area contributed by atoms with Gasteiger partial charge in [0.25, 0.3) is 0 Å². The van der Waals surface area contributed by atoms with Gasteiger partial charge in [-0.2, -0.15) is 0 Å². The molecule has 0 fully saturated rings. The van der Waals surface area contributed by atoms with Gasteiger partial charge in [0.05, 0.1) is 18.6 Å². The molecule has 9 heteroatoms. The van der Waals surface area contributed by atoms with E-state index < -0.39 is 5.97 Å². The van der Waals surface area contributed by atoms with Gasteiger partial charge < -0.3 is 20.1 Å². The smallest absolute Gasteiger partial charge is 0.343 e. The number of amides is 2. The number of hydrogen-bond donors (Lipinski definition) is 2. The molecule has 0 atom stereocenters. The highest BCUT2D eigenvalue weighted by molar-refractivity contribution is 9.10. The molecule has 0 bridgehead atoms. The Kier molecular flexibility index (Phi) is 8.83. The van der Waals surface area contributed by atoms with E-state index >= 15 is 0 Å². The van der Waals surface area contributed by atoms with E-state index in [1.807, 2.05) is 12.1 Å². The second-order valence-electron chi connectivity index (χ2n) is 5.49. The molecular weight excluding hydrogens is 448 g/mol. The maximum Gasteiger partial charge on any atom is 0.343 e. The molecule has 2 aromatic rings. The number of hydrogen-bond acceptors (Lipinski definition) is 6. The van der Waals surface area contributed by atoms with Crippen LogP contribution >= 0.6 is 27.7 Å². The van der Waals surface area contributed by atoms with Crippen molar-refractivity contribution >= 4 is 56.9 Å². The molecule has 28 heavy (non-hydrogen) atoms. The van der Waals surface area contributed by atoms with Crippen molar-refractivity contribution in [3.8, 4) is 5.75 Å². The summed E-state index contributed by atoms with van der Waals surface area (Å²) in [6.45, 7) is -0.180. The standard InChI is InChI=1S/C19H19BrN2O5S/c1-26-19(25)10-27-16-7-5-14(6-8-16)21-17(23)11-28-12-18(24)22-15-4-2-3-13(20)9-15/h2-9H,10-12H2,1H3,(H,21,23)(H,22,24). The Morgan fingerprint density at radius 2 is 1.61 bits per heavy atom. The van der Waals surface area contributed by atoms with Crippen molar-refractivity contribution in [2.75, 3.05) is 35.9 Å². The number of benzene rings is 2. The zero-order valence-corrected chi connectivity index (χ0v) is 17.5. The van der Waals surface area contributed by atoms with Crippen LogP contribution in [0.1, 0.15) is 0 Å². The zero-order chi connectivity index (χ0) is 20.4. The van der Waals surface area contributed by atoms with Crippen molar-refractivity contribution in [1.29, 1.82) is 0 Å². The first kappa shape index (κ1) is 21.8. The molecule has 7 nitrogen and oxygen atoms in total. The number of carbonyl (C=O) groups excluding carboxylic acids is 3. The Hall–Kier alpha value is -2.52. The van der Waals surface area contributed by atoms with Crippen LogP contribution in [0.15, 0.2) is 53.0 Å². The fraction of sp³-hybridized carbons (Fsp3) is 0.211. The number of carbonyl (C=O) groups is 3. The lowest BCUT2D eigenvalue weighted by Gasteiger charge is -2.08. The molecule has 0 aliphatic heterocycles. The lowest BCUT2D eigenvalue weighted by atomic mass is 10.3. The van der Waals surface area contributed by atoms with E-state index in [-0.39, 0.29) is 29.9 Å². The fourth-order valence-corrected chi connectivity index (χ4v) is 3.05. The third kappa shape index (κ3) is 8.01. The largest absolute Gasteiger partial charge is 0.482 e. The SMILES string of the molecule is COC(=O)COc1ccc(NC(=O)CSCC(=O)Nc2cccc(Br)c2)cc1. The number of anilines is 2. The summed E-state index contributed by atoms with van der Waals surface area (Å²) < 4.78 is 10.6. The van der Waals surface area contributed by atoms with Crippen LogP contribution < -0.4 is 15.4 Å². The van der Waals surface area contributed by atoms with Crippen LogP contribution in [0.5, 0.6) is 5.75 Å². The summed E-state index contributed by atoms with van der Waals surface area (Å²) in [6.07, 6.45) is 0. The Bertz CT molecular complexity index is 829. The molecule has 0 radical (unpaired) electrons. The molecule has 0 unspecified atom stereocenters. The third-order valence-corrected chi connectivity index (χ3v) is 4.72. The fourth-order valence-electron chi connectivity index (χ4n) is 2.03. The molecule has 148 valence electrons. The number of esters is 1. The Morgan fingerprint density at radius 3 is 2.21 bits per heavy atom. The van der Waals surface area contributed by atoms with E-state index in [0.29, 0.717) is 17.1 Å².